The number of fused-ring (bicyclic) bond motifs is 1. The smallest absolute Gasteiger partial charge is 0.224 e. The zero-order valence-corrected chi connectivity index (χ0v) is 14.2. The molecule has 0 bridgehead atoms. The monoisotopic (exact) mass is 320 g/mol. The minimum atomic E-state index is -0.869. The lowest BCUT2D eigenvalue weighted by Crippen LogP contribution is -2.42. The molecule has 5 heteroatoms. The van der Waals surface area contributed by atoms with Crippen molar-refractivity contribution in [3.63, 3.8) is 0 Å². The van der Waals surface area contributed by atoms with Crippen LogP contribution in [0.25, 0.3) is 10.9 Å². The second-order valence-corrected chi connectivity index (χ2v) is 6.71. The number of thioether (sulfide) groups is 1. The number of benzene rings is 1. The van der Waals surface area contributed by atoms with E-state index >= 15 is 0 Å². The van der Waals surface area contributed by atoms with Gasteiger partial charge in [-0.1, -0.05) is 18.2 Å². The summed E-state index contributed by atoms with van der Waals surface area (Å²) in [5.41, 5.74) is 1.31. The van der Waals surface area contributed by atoms with Crippen LogP contribution in [0.15, 0.2) is 30.5 Å². The molecule has 0 radical (unpaired) electrons. The van der Waals surface area contributed by atoms with Crippen LogP contribution in [0.1, 0.15) is 19.4 Å². The van der Waals surface area contributed by atoms with Gasteiger partial charge in [0.25, 0.3) is 0 Å². The lowest BCUT2D eigenvalue weighted by atomic mass is 10.1. The summed E-state index contributed by atoms with van der Waals surface area (Å²) in [6.45, 7) is 4.99. The number of rotatable bonds is 7. The van der Waals surface area contributed by atoms with Crippen molar-refractivity contribution < 1.29 is 9.90 Å². The summed E-state index contributed by atoms with van der Waals surface area (Å²) in [4.78, 5) is 12.2. The molecule has 4 nitrogen and oxygen atoms in total. The Morgan fingerprint density at radius 1 is 1.41 bits per heavy atom. The molecule has 2 N–H and O–H groups in total. The summed E-state index contributed by atoms with van der Waals surface area (Å²) in [5, 5.41) is 14.1. The molecule has 1 amide bonds. The molecular weight excluding hydrogens is 296 g/mol. The number of amides is 1. The van der Waals surface area contributed by atoms with E-state index in [-0.39, 0.29) is 12.5 Å². The van der Waals surface area contributed by atoms with Crippen LogP contribution < -0.4 is 5.32 Å². The molecule has 1 aromatic carbocycles. The zero-order chi connectivity index (χ0) is 16.2. The Labute approximate surface area is 135 Å². The van der Waals surface area contributed by atoms with Gasteiger partial charge in [-0.05, 0) is 31.7 Å². The minimum Gasteiger partial charge on any atom is -0.387 e. The highest BCUT2D eigenvalue weighted by Gasteiger charge is 2.20. The standard InChI is InChI=1S/C17H24N2O2S/c1-4-19-10-13(14-7-5-6-8-15(14)19)9-16(20)18-11-17(2,21)12-22-3/h5-8,10,21H,4,9,11-12H2,1-3H3,(H,18,20). The maximum absolute atomic E-state index is 12.2. The van der Waals surface area contributed by atoms with Gasteiger partial charge in [0.05, 0.1) is 12.0 Å². The summed E-state index contributed by atoms with van der Waals surface area (Å²) in [6.07, 6.45) is 4.32. The molecule has 0 saturated carbocycles. The Morgan fingerprint density at radius 2 is 2.14 bits per heavy atom. The molecule has 1 atom stereocenters. The first-order valence-corrected chi connectivity index (χ1v) is 8.91. The van der Waals surface area contributed by atoms with E-state index in [1.54, 1.807) is 18.7 Å². The molecule has 0 aliphatic carbocycles. The molecule has 22 heavy (non-hydrogen) atoms. The molecule has 120 valence electrons. The lowest BCUT2D eigenvalue weighted by molar-refractivity contribution is -0.121. The predicted octanol–water partition coefficient (Wildman–Crippen LogP) is 2.43. The Morgan fingerprint density at radius 3 is 2.82 bits per heavy atom. The minimum absolute atomic E-state index is 0.0552. The quantitative estimate of drug-likeness (QED) is 0.824. The van der Waals surface area contributed by atoms with E-state index < -0.39 is 5.60 Å². The second-order valence-electron chi connectivity index (χ2n) is 5.84. The highest BCUT2D eigenvalue weighted by Crippen LogP contribution is 2.21. The topological polar surface area (TPSA) is 54.3 Å². The summed E-state index contributed by atoms with van der Waals surface area (Å²) in [6, 6.07) is 8.13. The number of aryl methyl sites for hydroxylation is 1. The Kier molecular flexibility index (Phi) is 5.53. The fraction of sp³-hybridized carbons (Fsp3) is 0.471. The predicted molar refractivity (Wildman–Crippen MR) is 93.3 cm³/mol. The summed E-state index contributed by atoms with van der Waals surface area (Å²) < 4.78 is 2.15. The number of hydrogen-bond donors (Lipinski definition) is 2. The third kappa shape index (κ3) is 4.05. The van der Waals surface area contributed by atoms with Crippen molar-refractivity contribution in [2.24, 2.45) is 0 Å². The van der Waals surface area contributed by atoms with Gasteiger partial charge in [-0.15, -0.1) is 0 Å². The second kappa shape index (κ2) is 7.20. The number of hydrogen-bond acceptors (Lipinski definition) is 3. The molecule has 2 rings (SSSR count). The maximum Gasteiger partial charge on any atom is 0.224 e. The number of carbonyl (C=O) groups excluding carboxylic acids is 1. The molecular formula is C17H24N2O2S. The first-order valence-electron chi connectivity index (χ1n) is 7.51. The Bertz CT molecular complexity index is 649. The van der Waals surface area contributed by atoms with Gasteiger partial charge in [-0.2, -0.15) is 11.8 Å². The van der Waals surface area contributed by atoms with Gasteiger partial charge in [0.2, 0.25) is 5.91 Å². The molecule has 2 aromatic rings. The van der Waals surface area contributed by atoms with Gasteiger partial charge >= 0.3 is 0 Å². The number of nitrogens with one attached hydrogen (secondary N) is 1. The van der Waals surface area contributed by atoms with Gasteiger partial charge in [0, 0.05) is 35.9 Å². The van der Waals surface area contributed by atoms with E-state index in [1.807, 2.05) is 30.7 Å². The zero-order valence-electron chi connectivity index (χ0n) is 13.4. The fourth-order valence-electron chi connectivity index (χ4n) is 2.61. The Hall–Kier alpha value is -1.46. The van der Waals surface area contributed by atoms with Crippen LogP contribution in [0.3, 0.4) is 0 Å². The van der Waals surface area contributed by atoms with Crippen LogP contribution in [0.2, 0.25) is 0 Å². The van der Waals surface area contributed by atoms with Gasteiger partial charge in [-0.25, -0.2) is 0 Å². The average molecular weight is 320 g/mol. The van der Waals surface area contributed by atoms with E-state index in [0.29, 0.717) is 12.2 Å². The van der Waals surface area contributed by atoms with E-state index in [1.165, 1.54) is 0 Å². The summed E-state index contributed by atoms with van der Waals surface area (Å²) >= 11 is 1.57. The summed E-state index contributed by atoms with van der Waals surface area (Å²) in [7, 11) is 0. The van der Waals surface area contributed by atoms with Crippen LogP contribution in [0, 0.1) is 0 Å². The molecule has 0 aliphatic heterocycles. The van der Waals surface area contributed by atoms with Crippen molar-refractivity contribution >= 4 is 28.6 Å². The average Bonchev–Trinajstić information content (AvgIpc) is 2.84. The first kappa shape index (κ1) is 16.9. The molecule has 1 heterocycles. The molecule has 0 spiro atoms. The van der Waals surface area contributed by atoms with E-state index in [9.17, 15) is 9.90 Å². The number of para-hydroxylation sites is 1. The van der Waals surface area contributed by atoms with Gasteiger partial charge in [0.15, 0.2) is 0 Å². The normalized spacial score (nSPS) is 14.0. The highest BCUT2D eigenvalue weighted by molar-refractivity contribution is 7.98. The number of aliphatic hydroxyl groups is 1. The third-order valence-corrected chi connectivity index (χ3v) is 4.60. The first-order chi connectivity index (χ1) is 10.5. The largest absolute Gasteiger partial charge is 0.387 e. The van der Waals surface area contributed by atoms with Crippen LogP contribution >= 0.6 is 11.8 Å². The number of carbonyl (C=O) groups is 1. The van der Waals surface area contributed by atoms with Crippen molar-refractivity contribution in [2.45, 2.75) is 32.4 Å². The molecule has 0 saturated heterocycles. The Balaban J connectivity index is 2.06. The SMILES string of the molecule is CCn1cc(CC(=O)NCC(C)(O)CSC)c2ccccc21. The number of aromatic nitrogens is 1. The van der Waals surface area contributed by atoms with Crippen LogP contribution in [0.5, 0.6) is 0 Å². The van der Waals surface area contributed by atoms with Crippen molar-refractivity contribution in [3.05, 3.63) is 36.0 Å². The lowest BCUT2D eigenvalue weighted by Gasteiger charge is -2.22. The molecule has 1 aromatic heterocycles. The molecule has 0 aliphatic rings. The highest BCUT2D eigenvalue weighted by atomic mass is 32.2. The van der Waals surface area contributed by atoms with Gasteiger partial charge < -0.3 is 15.0 Å². The van der Waals surface area contributed by atoms with Gasteiger partial charge in [0.1, 0.15) is 0 Å². The van der Waals surface area contributed by atoms with E-state index in [0.717, 1.165) is 23.0 Å². The van der Waals surface area contributed by atoms with Crippen LogP contribution in [-0.4, -0.2) is 39.7 Å². The van der Waals surface area contributed by atoms with Crippen molar-refractivity contribution in [2.75, 3.05) is 18.6 Å². The fourth-order valence-corrected chi connectivity index (χ4v) is 3.34. The van der Waals surface area contributed by atoms with Crippen molar-refractivity contribution in [3.8, 4) is 0 Å². The van der Waals surface area contributed by atoms with Crippen LogP contribution in [0.4, 0.5) is 0 Å². The van der Waals surface area contributed by atoms with E-state index in [2.05, 4.69) is 22.9 Å². The van der Waals surface area contributed by atoms with Crippen molar-refractivity contribution in [1.29, 1.82) is 0 Å². The van der Waals surface area contributed by atoms with Crippen molar-refractivity contribution in [1.82, 2.24) is 9.88 Å². The number of nitrogens with zero attached hydrogens (tertiary/aromatic N) is 1. The maximum atomic E-state index is 12.2. The molecule has 1 unspecified atom stereocenters. The van der Waals surface area contributed by atoms with E-state index in [4.69, 9.17) is 0 Å². The van der Waals surface area contributed by atoms with Gasteiger partial charge in [-0.3, -0.25) is 4.79 Å². The molecule has 0 fully saturated rings. The third-order valence-electron chi connectivity index (χ3n) is 3.68. The van der Waals surface area contributed by atoms with Crippen LogP contribution in [-0.2, 0) is 17.8 Å². The summed E-state index contributed by atoms with van der Waals surface area (Å²) in [5.74, 6) is 0.544.